The fraction of sp³-hybridized carbons (Fsp3) is 0.300. The molecule has 0 aliphatic rings. The normalized spacial score (nSPS) is 11.0. The maximum atomic E-state index is 8.91. The molecule has 13 heavy (non-hydrogen) atoms. The number of hydrogen-bond acceptors (Lipinski definition) is 1. The van der Waals surface area contributed by atoms with Gasteiger partial charge >= 0.3 is 0 Å². The van der Waals surface area contributed by atoms with Gasteiger partial charge in [-0.3, -0.25) is 0 Å². The second-order valence-corrected chi connectivity index (χ2v) is 4.12. The van der Waals surface area contributed by atoms with Crippen molar-refractivity contribution in [2.24, 2.45) is 0 Å². The Balaban J connectivity index is 3.33. The fourth-order valence-corrected chi connectivity index (χ4v) is 1.58. The zero-order chi connectivity index (χ0) is 10.1. The number of nitrogens with zero attached hydrogens (tertiary/aromatic N) is 1. The van der Waals surface area contributed by atoms with Crippen molar-refractivity contribution in [1.29, 1.82) is 5.26 Å². The first-order valence-corrected chi connectivity index (χ1v) is 4.60. The Morgan fingerprint density at radius 1 is 1.31 bits per heavy atom. The molecule has 1 rings (SSSR count). The lowest BCUT2D eigenvalue weighted by atomic mass is 9.86. The van der Waals surface area contributed by atoms with Crippen LogP contribution in [0.1, 0.15) is 19.4 Å². The number of rotatable bonds is 1. The van der Waals surface area contributed by atoms with Crippen molar-refractivity contribution in [3.8, 4) is 6.07 Å². The monoisotopic (exact) mass is 213 g/mol. The molecule has 0 heterocycles. The Labute approximate surface area is 87.9 Å². The van der Waals surface area contributed by atoms with Crippen molar-refractivity contribution < 1.29 is 0 Å². The first-order valence-electron chi connectivity index (χ1n) is 3.85. The Morgan fingerprint density at radius 2 is 1.92 bits per heavy atom. The van der Waals surface area contributed by atoms with Gasteiger partial charge in [-0.15, -0.1) is 0 Å². The molecule has 0 radical (unpaired) electrons. The van der Waals surface area contributed by atoms with Crippen LogP contribution in [0.25, 0.3) is 0 Å². The zero-order valence-electron chi connectivity index (χ0n) is 7.44. The van der Waals surface area contributed by atoms with Crippen molar-refractivity contribution in [3.05, 3.63) is 33.8 Å². The molecule has 0 spiro atoms. The van der Waals surface area contributed by atoms with Crippen molar-refractivity contribution in [1.82, 2.24) is 0 Å². The number of nitriles is 1. The maximum Gasteiger partial charge on any atom is 0.0781 e. The van der Waals surface area contributed by atoms with E-state index in [1.54, 1.807) is 12.1 Å². The van der Waals surface area contributed by atoms with Crippen LogP contribution in [0.15, 0.2) is 18.2 Å². The fourth-order valence-electron chi connectivity index (χ4n) is 1.05. The van der Waals surface area contributed by atoms with Crippen LogP contribution in [0.2, 0.25) is 10.0 Å². The van der Waals surface area contributed by atoms with Crippen molar-refractivity contribution in [2.45, 2.75) is 19.3 Å². The van der Waals surface area contributed by atoms with Crippen LogP contribution in [-0.4, -0.2) is 0 Å². The lowest BCUT2D eigenvalue weighted by molar-refractivity contribution is 0.687. The quantitative estimate of drug-likeness (QED) is 0.697. The van der Waals surface area contributed by atoms with Crippen LogP contribution in [-0.2, 0) is 5.41 Å². The van der Waals surface area contributed by atoms with Gasteiger partial charge in [0.25, 0.3) is 0 Å². The van der Waals surface area contributed by atoms with Crippen LogP contribution in [0.5, 0.6) is 0 Å². The predicted octanol–water partition coefficient (Wildman–Crippen LogP) is 3.79. The lowest BCUT2D eigenvalue weighted by Gasteiger charge is -2.17. The number of hydrogen-bond donors (Lipinski definition) is 0. The summed E-state index contributed by atoms with van der Waals surface area (Å²) in [7, 11) is 0. The van der Waals surface area contributed by atoms with Gasteiger partial charge in [0.1, 0.15) is 0 Å². The van der Waals surface area contributed by atoms with E-state index in [2.05, 4.69) is 6.07 Å². The largest absolute Gasteiger partial charge is 0.197 e. The van der Waals surface area contributed by atoms with E-state index in [0.29, 0.717) is 10.0 Å². The van der Waals surface area contributed by atoms with E-state index in [0.717, 1.165) is 5.56 Å². The van der Waals surface area contributed by atoms with Gasteiger partial charge in [-0.1, -0.05) is 35.3 Å². The molecule has 0 aliphatic carbocycles. The summed E-state index contributed by atoms with van der Waals surface area (Å²) < 4.78 is 0. The predicted molar refractivity (Wildman–Crippen MR) is 55.1 cm³/mol. The second-order valence-electron chi connectivity index (χ2n) is 3.34. The minimum absolute atomic E-state index is 0.468. The third kappa shape index (κ3) is 1.96. The van der Waals surface area contributed by atoms with Gasteiger partial charge in [-0.05, 0) is 25.5 Å². The third-order valence-corrected chi connectivity index (χ3v) is 2.72. The highest BCUT2D eigenvalue weighted by atomic mass is 35.5. The van der Waals surface area contributed by atoms with Crippen LogP contribution in [0.3, 0.4) is 0 Å². The molecular formula is C10H9Cl2N. The van der Waals surface area contributed by atoms with E-state index in [1.165, 1.54) is 0 Å². The molecule has 1 nitrogen and oxygen atoms in total. The van der Waals surface area contributed by atoms with Crippen LogP contribution in [0.4, 0.5) is 0 Å². The summed E-state index contributed by atoms with van der Waals surface area (Å²) in [5.41, 5.74) is 0.172. The molecule has 0 unspecified atom stereocenters. The standard InChI is InChI=1S/C10H9Cl2N/c1-10(2,6-13)7-4-3-5-8(11)9(7)12/h3-5H,1-2H3. The van der Waals surface area contributed by atoms with E-state index in [1.807, 2.05) is 19.9 Å². The summed E-state index contributed by atoms with van der Waals surface area (Å²) in [6, 6.07) is 7.50. The Hall–Kier alpha value is -0.710. The SMILES string of the molecule is CC(C)(C#N)c1cccc(Cl)c1Cl. The second kappa shape index (κ2) is 3.57. The van der Waals surface area contributed by atoms with E-state index in [4.69, 9.17) is 28.5 Å². The molecular weight excluding hydrogens is 205 g/mol. The van der Waals surface area contributed by atoms with Crippen molar-refractivity contribution >= 4 is 23.2 Å². The minimum atomic E-state index is -0.595. The average molecular weight is 214 g/mol. The molecule has 3 heteroatoms. The number of benzene rings is 1. The smallest absolute Gasteiger partial charge is 0.0781 e. The average Bonchev–Trinajstić information content (AvgIpc) is 2.09. The molecule has 0 saturated carbocycles. The van der Waals surface area contributed by atoms with Gasteiger partial charge in [0.05, 0.1) is 21.5 Å². The summed E-state index contributed by atoms with van der Waals surface area (Å²) in [5.74, 6) is 0. The van der Waals surface area contributed by atoms with Gasteiger partial charge < -0.3 is 0 Å². The summed E-state index contributed by atoms with van der Waals surface area (Å²) in [6.07, 6.45) is 0. The molecule has 0 saturated heterocycles. The summed E-state index contributed by atoms with van der Waals surface area (Å²) in [5, 5.41) is 9.87. The molecule has 1 aromatic rings. The molecule has 1 aromatic carbocycles. The summed E-state index contributed by atoms with van der Waals surface area (Å²) >= 11 is 11.8. The molecule has 0 aromatic heterocycles. The Bertz CT molecular complexity index is 364. The lowest BCUT2D eigenvalue weighted by Crippen LogP contribution is -2.14. The van der Waals surface area contributed by atoms with Gasteiger partial charge in [-0.2, -0.15) is 5.26 Å². The first-order chi connectivity index (χ1) is 5.99. The maximum absolute atomic E-state index is 8.91. The minimum Gasteiger partial charge on any atom is -0.197 e. The highest BCUT2D eigenvalue weighted by Gasteiger charge is 2.23. The van der Waals surface area contributed by atoms with E-state index in [9.17, 15) is 0 Å². The highest BCUT2D eigenvalue weighted by molar-refractivity contribution is 6.42. The Kier molecular flexibility index (Phi) is 2.85. The molecule has 0 bridgehead atoms. The molecule has 0 N–H and O–H groups in total. The molecule has 0 atom stereocenters. The van der Waals surface area contributed by atoms with E-state index < -0.39 is 5.41 Å². The third-order valence-electron chi connectivity index (χ3n) is 1.90. The molecule has 68 valence electrons. The number of halogens is 2. The van der Waals surface area contributed by atoms with Crippen molar-refractivity contribution in [3.63, 3.8) is 0 Å². The van der Waals surface area contributed by atoms with Gasteiger partial charge in [0.2, 0.25) is 0 Å². The molecule has 0 amide bonds. The molecule has 0 fully saturated rings. The van der Waals surface area contributed by atoms with E-state index in [-0.39, 0.29) is 0 Å². The highest BCUT2D eigenvalue weighted by Crippen LogP contribution is 2.33. The van der Waals surface area contributed by atoms with Crippen LogP contribution < -0.4 is 0 Å². The van der Waals surface area contributed by atoms with Gasteiger partial charge in [-0.25, -0.2) is 0 Å². The van der Waals surface area contributed by atoms with Crippen molar-refractivity contribution in [2.75, 3.05) is 0 Å². The zero-order valence-corrected chi connectivity index (χ0v) is 8.95. The van der Waals surface area contributed by atoms with Crippen LogP contribution in [0, 0.1) is 11.3 Å². The first kappa shape index (κ1) is 10.4. The van der Waals surface area contributed by atoms with E-state index >= 15 is 0 Å². The van der Waals surface area contributed by atoms with Crippen LogP contribution >= 0.6 is 23.2 Å². The van der Waals surface area contributed by atoms with Gasteiger partial charge in [0, 0.05) is 0 Å². The summed E-state index contributed by atoms with van der Waals surface area (Å²) in [6.45, 7) is 3.62. The Morgan fingerprint density at radius 3 is 2.46 bits per heavy atom. The topological polar surface area (TPSA) is 23.8 Å². The molecule has 0 aliphatic heterocycles. The summed E-state index contributed by atoms with van der Waals surface area (Å²) in [4.78, 5) is 0. The van der Waals surface area contributed by atoms with Gasteiger partial charge in [0.15, 0.2) is 0 Å².